The largest absolute Gasteiger partial charge is 0.295 e. The molecule has 0 aliphatic rings. The number of benzene rings is 2. The highest BCUT2D eigenvalue weighted by Crippen LogP contribution is 2.32. The zero-order valence-electron chi connectivity index (χ0n) is 9.81. The van der Waals surface area contributed by atoms with Crippen LogP contribution in [0.15, 0.2) is 34.8 Å². The molecule has 0 saturated carbocycles. The van der Waals surface area contributed by atoms with Gasteiger partial charge in [-0.15, -0.1) is 0 Å². The van der Waals surface area contributed by atoms with Crippen LogP contribution in [0.1, 0.15) is 17.3 Å². The molecule has 0 unspecified atom stereocenters. The van der Waals surface area contributed by atoms with Crippen molar-refractivity contribution < 1.29 is 18.0 Å². The summed E-state index contributed by atoms with van der Waals surface area (Å²) in [6.07, 6.45) is 0. The Bertz CT molecular complexity index is 668. The Balaban J connectivity index is 2.75. The van der Waals surface area contributed by atoms with Crippen LogP contribution in [0.25, 0.3) is 11.1 Å². The van der Waals surface area contributed by atoms with E-state index in [1.165, 1.54) is 19.1 Å². The first-order valence-electron chi connectivity index (χ1n) is 5.36. The summed E-state index contributed by atoms with van der Waals surface area (Å²) in [4.78, 5) is 11.3. The van der Waals surface area contributed by atoms with E-state index in [0.717, 1.165) is 18.2 Å². The number of carbonyl (C=O) groups excluding carboxylic acids is 1. The van der Waals surface area contributed by atoms with Crippen molar-refractivity contribution in [1.82, 2.24) is 0 Å². The Kier molecular flexibility index (Phi) is 3.75. The van der Waals surface area contributed by atoms with Crippen molar-refractivity contribution in [1.29, 1.82) is 0 Å². The first-order valence-corrected chi connectivity index (χ1v) is 6.15. The van der Waals surface area contributed by atoms with Gasteiger partial charge in [0.25, 0.3) is 0 Å². The molecule has 19 heavy (non-hydrogen) atoms. The van der Waals surface area contributed by atoms with E-state index in [1.807, 2.05) is 0 Å². The zero-order chi connectivity index (χ0) is 14.2. The average Bonchev–Trinajstić information content (AvgIpc) is 2.36. The molecule has 0 aromatic heterocycles. The first-order chi connectivity index (χ1) is 8.91. The second kappa shape index (κ2) is 5.17. The SMILES string of the molecule is CC(=O)c1ccc(F)c(-c2c(F)ccc(Br)c2F)c1. The standard InChI is InChI=1S/C14H8BrF3O/c1-7(19)8-2-4-11(16)9(6-8)13-12(17)5-3-10(15)14(13)18/h2-6H,1H3. The molecule has 0 heterocycles. The van der Waals surface area contributed by atoms with E-state index in [9.17, 15) is 18.0 Å². The number of halogens is 4. The third-order valence-corrected chi connectivity index (χ3v) is 3.30. The van der Waals surface area contributed by atoms with Crippen LogP contribution < -0.4 is 0 Å². The fourth-order valence-electron chi connectivity index (χ4n) is 1.71. The smallest absolute Gasteiger partial charge is 0.159 e. The highest BCUT2D eigenvalue weighted by Gasteiger charge is 2.18. The van der Waals surface area contributed by atoms with Gasteiger partial charge in [-0.1, -0.05) is 0 Å². The fraction of sp³-hybridized carbons (Fsp3) is 0.0714. The molecule has 2 aromatic carbocycles. The summed E-state index contributed by atoms with van der Waals surface area (Å²) in [5, 5.41) is 0. The maximum Gasteiger partial charge on any atom is 0.159 e. The Morgan fingerprint density at radius 3 is 2.32 bits per heavy atom. The third kappa shape index (κ3) is 2.56. The number of rotatable bonds is 2. The molecule has 0 atom stereocenters. The van der Waals surface area contributed by atoms with Crippen LogP contribution in [0.4, 0.5) is 13.2 Å². The number of Topliss-reactive ketones (excluding diaryl/α,β-unsaturated/α-hetero) is 1. The molecule has 2 aromatic rings. The molecular weight excluding hydrogens is 321 g/mol. The van der Waals surface area contributed by atoms with Crippen molar-refractivity contribution in [3.8, 4) is 11.1 Å². The van der Waals surface area contributed by atoms with E-state index in [1.54, 1.807) is 0 Å². The van der Waals surface area contributed by atoms with Gasteiger partial charge in [0.05, 0.1) is 10.0 Å². The van der Waals surface area contributed by atoms with Crippen molar-refractivity contribution in [2.45, 2.75) is 6.92 Å². The van der Waals surface area contributed by atoms with Crippen LogP contribution in [0, 0.1) is 17.5 Å². The van der Waals surface area contributed by atoms with E-state index < -0.39 is 23.0 Å². The van der Waals surface area contributed by atoms with E-state index in [-0.39, 0.29) is 21.4 Å². The molecule has 0 radical (unpaired) electrons. The van der Waals surface area contributed by atoms with Crippen molar-refractivity contribution in [2.75, 3.05) is 0 Å². The lowest BCUT2D eigenvalue weighted by molar-refractivity contribution is 0.101. The van der Waals surface area contributed by atoms with Gasteiger partial charge in [-0.3, -0.25) is 4.79 Å². The quantitative estimate of drug-likeness (QED) is 0.575. The second-order valence-corrected chi connectivity index (χ2v) is 4.82. The topological polar surface area (TPSA) is 17.1 Å². The maximum absolute atomic E-state index is 13.9. The minimum atomic E-state index is -0.903. The lowest BCUT2D eigenvalue weighted by Gasteiger charge is -2.09. The molecule has 5 heteroatoms. The molecule has 0 fully saturated rings. The molecule has 0 saturated heterocycles. The monoisotopic (exact) mass is 328 g/mol. The molecule has 98 valence electrons. The normalized spacial score (nSPS) is 10.6. The zero-order valence-corrected chi connectivity index (χ0v) is 11.4. The fourth-order valence-corrected chi connectivity index (χ4v) is 2.04. The molecule has 0 bridgehead atoms. The minimum absolute atomic E-state index is 0.0246. The lowest BCUT2D eigenvalue weighted by atomic mass is 10.00. The van der Waals surface area contributed by atoms with Crippen molar-refractivity contribution in [3.05, 3.63) is 57.8 Å². The van der Waals surface area contributed by atoms with Crippen molar-refractivity contribution >= 4 is 21.7 Å². The first kappa shape index (κ1) is 13.8. The van der Waals surface area contributed by atoms with Gasteiger partial charge < -0.3 is 0 Å². The van der Waals surface area contributed by atoms with Gasteiger partial charge in [0.1, 0.15) is 17.5 Å². The highest BCUT2D eigenvalue weighted by molar-refractivity contribution is 9.10. The summed E-state index contributed by atoms with van der Waals surface area (Å²) in [7, 11) is 0. The number of carbonyl (C=O) groups is 1. The van der Waals surface area contributed by atoms with Gasteiger partial charge in [0, 0.05) is 11.1 Å². The van der Waals surface area contributed by atoms with Crippen molar-refractivity contribution in [3.63, 3.8) is 0 Å². The predicted molar refractivity (Wildman–Crippen MR) is 69.5 cm³/mol. The molecule has 0 aliphatic carbocycles. The molecular formula is C14H8BrF3O. The second-order valence-electron chi connectivity index (χ2n) is 3.97. The Morgan fingerprint density at radius 1 is 1.05 bits per heavy atom. The van der Waals surface area contributed by atoms with Crippen LogP contribution in [0.3, 0.4) is 0 Å². The van der Waals surface area contributed by atoms with Crippen molar-refractivity contribution in [2.24, 2.45) is 0 Å². The van der Waals surface area contributed by atoms with Crippen LogP contribution in [-0.4, -0.2) is 5.78 Å². The minimum Gasteiger partial charge on any atom is -0.295 e. The van der Waals surface area contributed by atoms with E-state index in [0.29, 0.717) is 0 Å². The van der Waals surface area contributed by atoms with Gasteiger partial charge in [0.15, 0.2) is 5.78 Å². The average molecular weight is 329 g/mol. The molecule has 0 N–H and O–H groups in total. The van der Waals surface area contributed by atoms with E-state index >= 15 is 0 Å². The van der Waals surface area contributed by atoms with Gasteiger partial charge in [-0.05, 0) is 53.2 Å². The van der Waals surface area contributed by atoms with Crippen LogP contribution in [-0.2, 0) is 0 Å². The summed E-state index contributed by atoms with van der Waals surface area (Å²) >= 11 is 2.92. The van der Waals surface area contributed by atoms with Gasteiger partial charge in [0.2, 0.25) is 0 Å². The van der Waals surface area contributed by atoms with E-state index in [4.69, 9.17) is 0 Å². The van der Waals surface area contributed by atoms with Crippen LogP contribution >= 0.6 is 15.9 Å². The molecule has 2 rings (SSSR count). The van der Waals surface area contributed by atoms with Crippen LogP contribution in [0.2, 0.25) is 0 Å². The summed E-state index contributed by atoms with van der Waals surface area (Å²) < 4.78 is 41.4. The molecule has 0 amide bonds. The Hall–Kier alpha value is -1.62. The van der Waals surface area contributed by atoms with Gasteiger partial charge >= 0.3 is 0 Å². The maximum atomic E-state index is 13.9. The predicted octanol–water partition coefficient (Wildman–Crippen LogP) is 4.74. The number of hydrogen-bond acceptors (Lipinski definition) is 1. The van der Waals surface area contributed by atoms with Crippen LogP contribution in [0.5, 0.6) is 0 Å². The third-order valence-electron chi connectivity index (χ3n) is 2.69. The Labute approximate surface area is 116 Å². The molecule has 0 aliphatic heterocycles. The number of hydrogen-bond donors (Lipinski definition) is 0. The summed E-state index contributed by atoms with van der Waals surface area (Å²) in [6, 6.07) is 5.66. The highest BCUT2D eigenvalue weighted by atomic mass is 79.9. The molecule has 0 spiro atoms. The molecule has 1 nitrogen and oxygen atoms in total. The van der Waals surface area contributed by atoms with Gasteiger partial charge in [-0.25, -0.2) is 13.2 Å². The lowest BCUT2D eigenvalue weighted by Crippen LogP contribution is -1.98. The Morgan fingerprint density at radius 2 is 1.68 bits per heavy atom. The summed E-state index contributed by atoms with van der Waals surface area (Å²) in [5.74, 6) is -2.89. The summed E-state index contributed by atoms with van der Waals surface area (Å²) in [5.41, 5.74) is -0.575. The van der Waals surface area contributed by atoms with Gasteiger partial charge in [-0.2, -0.15) is 0 Å². The summed E-state index contributed by atoms with van der Waals surface area (Å²) in [6.45, 7) is 1.30. The number of ketones is 1. The van der Waals surface area contributed by atoms with E-state index in [2.05, 4.69) is 15.9 Å².